The van der Waals surface area contributed by atoms with Crippen molar-refractivity contribution in [2.75, 3.05) is 20.8 Å². The van der Waals surface area contributed by atoms with Gasteiger partial charge in [-0.05, 0) is 80.0 Å². The van der Waals surface area contributed by atoms with Crippen molar-refractivity contribution in [1.82, 2.24) is 35.3 Å². The Balaban J connectivity index is 0.998. The maximum Gasteiger partial charge on any atom is 0.308 e. The first-order valence-electron chi connectivity index (χ1n) is 22.4. The number of aromatic nitrogens is 4. The second kappa shape index (κ2) is 19.2. The zero-order chi connectivity index (χ0) is 48.8. The number of carbonyl (C=O) groups is 4. The highest BCUT2D eigenvalue weighted by atomic mass is 32.1. The predicted octanol–water partition coefficient (Wildman–Crippen LogP) is 7.80. The number of likely N-dealkylation sites (tertiary alicyclic amines) is 1. The van der Waals surface area contributed by atoms with Crippen LogP contribution >= 0.6 is 22.7 Å². The van der Waals surface area contributed by atoms with E-state index in [1.165, 1.54) is 19.1 Å². The highest BCUT2D eigenvalue weighted by molar-refractivity contribution is 7.15. The highest BCUT2D eigenvalue weighted by Gasteiger charge is 2.45. The third kappa shape index (κ3) is 9.34. The second-order valence-electron chi connectivity index (χ2n) is 18.5. The normalized spacial score (nSPS) is 17.6. The molecular weight excluding hydrogens is 901 g/mol. The lowest BCUT2D eigenvalue weighted by Crippen LogP contribution is -2.57. The maximum atomic E-state index is 14.5. The summed E-state index contributed by atoms with van der Waals surface area (Å²) in [5, 5.41) is 26.6. The Kier molecular flexibility index (Phi) is 13.5. The summed E-state index contributed by atoms with van der Waals surface area (Å²) in [6, 6.07) is 18.1. The number of esters is 1. The van der Waals surface area contributed by atoms with Gasteiger partial charge in [0.25, 0.3) is 5.91 Å². The molecule has 8 rings (SSSR count). The number of hydrogen-bond donors (Lipinski definition) is 3. The summed E-state index contributed by atoms with van der Waals surface area (Å²) >= 11 is 3.20. The number of nitrogens with zero attached hydrogens (tertiary/aromatic N) is 6. The Bertz CT molecular complexity index is 2930. The van der Waals surface area contributed by atoms with Gasteiger partial charge >= 0.3 is 5.97 Å². The Labute approximate surface area is 403 Å². The Morgan fingerprint density at radius 3 is 2.22 bits per heavy atom. The van der Waals surface area contributed by atoms with Gasteiger partial charge in [0, 0.05) is 29.0 Å². The van der Waals surface area contributed by atoms with E-state index in [0.717, 1.165) is 65.1 Å². The van der Waals surface area contributed by atoms with Gasteiger partial charge in [-0.3, -0.25) is 28.7 Å². The molecule has 3 aromatic heterocycles. The molecule has 2 aliphatic heterocycles. The summed E-state index contributed by atoms with van der Waals surface area (Å²) in [4.78, 5) is 68.2. The SMILES string of the molecule is COC(=O)C[C@@H]1N=C(c2ccc(-c3ccc(C(=O)N[C@H](C(=O)N4C[C@H](O)C[C@H]4C(=O)N[C@@H](C)c4ccc(-c5scnc5C)cc4)C(C)(C)C)c(OC)c3)cc2)c2c(sc(C)c2C)-n2c(C)nnc21. The first-order chi connectivity index (χ1) is 32.4. The zero-order valence-electron chi connectivity index (χ0n) is 39.8. The topological polar surface area (TPSA) is 190 Å². The van der Waals surface area contributed by atoms with E-state index in [2.05, 4.69) is 39.7 Å². The molecule has 3 aromatic carbocycles. The predicted molar refractivity (Wildman–Crippen MR) is 263 cm³/mol. The smallest absolute Gasteiger partial charge is 0.308 e. The van der Waals surface area contributed by atoms with Crippen molar-refractivity contribution in [2.24, 2.45) is 10.4 Å². The van der Waals surface area contributed by atoms with E-state index in [1.807, 2.05) is 106 Å². The van der Waals surface area contributed by atoms with Crippen LogP contribution in [0.15, 0.2) is 77.2 Å². The number of thiazole rings is 1. The lowest BCUT2D eigenvalue weighted by molar-refractivity contribution is -0.142. The number of rotatable bonds is 12. The lowest BCUT2D eigenvalue weighted by Gasteiger charge is -2.35. The zero-order valence-corrected chi connectivity index (χ0v) is 41.5. The van der Waals surface area contributed by atoms with Gasteiger partial charge in [-0.25, -0.2) is 4.98 Å². The molecule has 354 valence electrons. The van der Waals surface area contributed by atoms with Crippen molar-refractivity contribution in [2.45, 2.75) is 98.5 Å². The van der Waals surface area contributed by atoms with E-state index >= 15 is 0 Å². The van der Waals surface area contributed by atoms with Crippen LogP contribution in [0, 0.1) is 33.1 Å². The van der Waals surface area contributed by atoms with Gasteiger partial charge in [-0.15, -0.1) is 32.9 Å². The monoisotopic (exact) mass is 956 g/mol. The molecule has 15 nitrogen and oxygen atoms in total. The fraction of sp³-hybridized carbons (Fsp3) is 0.373. The molecule has 3 N–H and O–H groups in total. The summed E-state index contributed by atoms with van der Waals surface area (Å²) < 4.78 is 12.8. The van der Waals surface area contributed by atoms with Gasteiger partial charge < -0.3 is 30.1 Å². The largest absolute Gasteiger partial charge is 0.496 e. The summed E-state index contributed by atoms with van der Waals surface area (Å²) in [5.41, 5.74) is 9.38. The minimum atomic E-state index is -1.05. The summed E-state index contributed by atoms with van der Waals surface area (Å²) in [5.74, 6) is -0.223. The minimum absolute atomic E-state index is 0.00244. The molecule has 0 aliphatic carbocycles. The first-order valence-corrected chi connectivity index (χ1v) is 24.1. The van der Waals surface area contributed by atoms with Gasteiger partial charge in [0.1, 0.15) is 34.7 Å². The molecule has 3 amide bonds. The van der Waals surface area contributed by atoms with Crippen molar-refractivity contribution in [3.63, 3.8) is 0 Å². The molecule has 0 radical (unpaired) electrons. The number of benzene rings is 3. The van der Waals surface area contributed by atoms with Crippen molar-refractivity contribution in [1.29, 1.82) is 0 Å². The van der Waals surface area contributed by atoms with E-state index in [0.29, 0.717) is 17.4 Å². The highest BCUT2D eigenvalue weighted by Crippen LogP contribution is 2.40. The van der Waals surface area contributed by atoms with Crippen LogP contribution in [-0.2, 0) is 19.1 Å². The van der Waals surface area contributed by atoms with Crippen LogP contribution in [0.1, 0.15) is 107 Å². The molecule has 17 heteroatoms. The van der Waals surface area contributed by atoms with E-state index in [4.69, 9.17) is 14.5 Å². The molecule has 68 heavy (non-hydrogen) atoms. The Morgan fingerprint density at radius 1 is 0.897 bits per heavy atom. The van der Waals surface area contributed by atoms with Gasteiger partial charge in [-0.2, -0.15) is 0 Å². The number of methoxy groups -OCH3 is 2. The van der Waals surface area contributed by atoms with Crippen molar-refractivity contribution >= 4 is 52.1 Å². The van der Waals surface area contributed by atoms with E-state index in [-0.39, 0.29) is 36.9 Å². The van der Waals surface area contributed by atoms with Gasteiger partial charge in [0.05, 0.1) is 60.1 Å². The molecule has 0 saturated carbocycles. The number of carbonyl (C=O) groups excluding carboxylic acids is 4. The van der Waals surface area contributed by atoms with E-state index in [9.17, 15) is 24.3 Å². The van der Waals surface area contributed by atoms with Crippen LogP contribution in [0.5, 0.6) is 5.75 Å². The fourth-order valence-electron chi connectivity index (χ4n) is 8.87. The van der Waals surface area contributed by atoms with Gasteiger partial charge in [-0.1, -0.05) is 75.4 Å². The van der Waals surface area contributed by atoms with Crippen molar-refractivity contribution in [3.8, 4) is 32.3 Å². The number of nitrogens with one attached hydrogen (secondary N) is 2. The molecule has 2 aliphatic rings. The van der Waals surface area contributed by atoms with Crippen LogP contribution < -0.4 is 15.4 Å². The van der Waals surface area contributed by atoms with E-state index < -0.39 is 47.4 Å². The number of hydrogen-bond acceptors (Lipinski definition) is 13. The second-order valence-corrected chi connectivity index (χ2v) is 20.5. The molecule has 0 unspecified atom stereocenters. The number of ether oxygens (including phenoxy) is 2. The third-order valence-corrected chi connectivity index (χ3v) is 15.0. The van der Waals surface area contributed by atoms with Crippen molar-refractivity contribution in [3.05, 3.63) is 122 Å². The number of aryl methyl sites for hydroxylation is 3. The summed E-state index contributed by atoms with van der Waals surface area (Å²) in [7, 11) is 2.84. The standard InChI is InChI=1S/C51H56N8O7S2/c1-26-29(4)68-50-42(26)43(54-38(23-41(61)66-10)46-57-56-30(5)59(46)50)33-15-13-32(14-16-33)35-19-20-37(40(21-35)65-9)47(62)55-45(51(6,7)8)49(64)58-24-36(60)22-39(58)48(63)53-27(2)31-11-17-34(18-12-31)44-28(3)52-25-67-44/h11-21,25,27,36,38-39,45,60H,22-24H2,1-10H3,(H,53,63)(H,55,62)/t27-,36+,38-,39-,45+/m0/s1. The number of aliphatic imine (C=N–C) groups is 1. The lowest BCUT2D eigenvalue weighted by atomic mass is 9.85. The third-order valence-electron chi connectivity index (χ3n) is 12.8. The molecule has 1 fully saturated rings. The van der Waals surface area contributed by atoms with Crippen LogP contribution in [0.3, 0.4) is 0 Å². The number of aliphatic hydroxyl groups is 1. The number of β-amino-alcohol motifs (C(OH)–C–C–N with tert-alkyl or cyclic N) is 1. The Hall–Kier alpha value is -6.56. The molecular formula is C51H56N8O7S2. The summed E-state index contributed by atoms with van der Waals surface area (Å²) in [6.07, 6.45) is -0.851. The molecule has 6 aromatic rings. The van der Waals surface area contributed by atoms with Crippen molar-refractivity contribution < 1.29 is 33.8 Å². The molecule has 5 heterocycles. The van der Waals surface area contributed by atoms with Crippen LogP contribution in [0.4, 0.5) is 0 Å². The maximum absolute atomic E-state index is 14.5. The average Bonchev–Trinajstić information content (AvgIpc) is 4.09. The summed E-state index contributed by atoms with van der Waals surface area (Å²) in [6.45, 7) is 15.4. The van der Waals surface area contributed by atoms with Crippen LogP contribution in [0.2, 0.25) is 0 Å². The number of aliphatic hydroxyl groups excluding tert-OH is 1. The fourth-order valence-corrected chi connectivity index (χ4v) is 10.9. The molecule has 5 atom stereocenters. The molecule has 0 spiro atoms. The number of thiophene rings is 1. The molecule has 0 bridgehead atoms. The van der Waals surface area contributed by atoms with Crippen LogP contribution in [0.25, 0.3) is 26.6 Å². The minimum Gasteiger partial charge on any atom is -0.496 e. The average molecular weight is 957 g/mol. The molecule has 1 saturated heterocycles. The van der Waals surface area contributed by atoms with Gasteiger partial charge in [0.15, 0.2) is 5.82 Å². The van der Waals surface area contributed by atoms with Crippen LogP contribution in [-0.4, -0.2) is 98.1 Å². The number of fused-ring (bicyclic) bond motifs is 3. The van der Waals surface area contributed by atoms with E-state index in [1.54, 1.807) is 34.8 Å². The first kappa shape index (κ1) is 47.9. The Morgan fingerprint density at radius 2 is 1.57 bits per heavy atom. The number of amides is 3. The van der Waals surface area contributed by atoms with Gasteiger partial charge in [0.2, 0.25) is 11.8 Å². The quantitative estimate of drug-likeness (QED) is 0.102.